The molecule has 2 atom stereocenters. The second-order valence-electron chi connectivity index (χ2n) is 4.01. The maximum atomic E-state index is 11.0. The average Bonchev–Trinajstić information content (AvgIpc) is 2.71. The number of aromatic nitrogens is 2. The lowest BCUT2D eigenvalue weighted by molar-refractivity contribution is 0.361. The van der Waals surface area contributed by atoms with Crippen LogP contribution in [-0.2, 0) is 15.6 Å². The van der Waals surface area contributed by atoms with E-state index in [9.17, 15) is 8.42 Å². The van der Waals surface area contributed by atoms with E-state index < -0.39 is 9.84 Å². The van der Waals surface area contributed by atoms with Crippen molar-refractivity contribution in [2.45, 2.75) is 24.1 Å². The highest BCUT2D eigenvalue weighted by Crippen LogP contribution is 2.26. The zero-order valence-corrected chi connectivity index (χ0v) is 9.64. The van der Waals surface area contributed by atoms with Crippen LogP contribution in [0, 0.1) is 0 Å². The van der Waals surface area contributed by atoms with Crippen LogP contribution in [0.2, 0.25) is 0 Å². The third-order valence-electron chi connectivity index (χ3n) is 2.31. The van der Waals surface area contributed by atoms with Gasteiger partial charge >= 0.3 is 0 Å². The maximum Gasteiger partial charge on any atom is 0.233 e. The van der Waals surface area contributed by atoms with Crippen molar-refractivity contribution < 1.29 is 12.9 Å². The molecule has 0 aromatic carbocycles. The molecule has 1 aliphatic rings. The number of nitrogens with two attached hydrogens (primary N) is 1. The van der Waals surface area contributed by atoms with Gasteiger partial charge in [0.15, 0.2) is 15.7 Å². The van der Waals surface area contributed by atoms with Gasteiger partial charge in [-0.1, -0.05) is 17.3 Å². The second kappa shape index (κ2) is 3.99. The minimum absolute atomic E-state index is 0.00950. The first-order valence-electron chi connectivity index (χ1n) is 4.88. The number of hydrogen-bond donors (Lipinski definition) is 1. The van der Waals surface area contributed by atoms with Crippen LogP contribution < -0.4 is 5.73 Å². The Kier molecular flexibility index (Phi) is 2.81. The summed E-state index contributed by atoms with van der Waals surface area (Å²) in [4.78, 5) is 4.05. The molecule has 2 unspecified atom stereocenters. The highest BCUT2D eigenvalue weighted by atomic mass is 32.2. The Hall–Kier alpha value is -1.21. The predicted octanol–water partition coefficient (Wildman–Crippen LogP) is -0.0150. The molecule has 0 bridgehead atoms. The standard InChI is InChI=1S/C9H13N3O3S/c1-16(13,14)5-8-11-9(15-12-8)6-2-3-7(10)4-6/h2-3,6-7H,4-5,10H2,1H3. The van der Waals surface area contributed by atoms with Crippen LogP contribution in [0.1, 0.15) is 24.1 Å². The molecule has 16 heavy (non-hydrogen) atoms. The van der Waals surface area contributed by atoms with Gasteiger partial charge in [-0.15, -0.1) is 0 Å². The third-order valence-corrected chi connectivity index (χ3v) is 3.09. The van der Waals surface area contributed by atoms with Gasteiger partial charge in [-0.3, -0.25) is 0 Å². The first kappa shape index (κ1) is 11.3. The summed E-state index contributed by atoms with van der Waals surface area (Å²) in [5.41, 5.74) is 5.70. The molecule has 6 nitrogen and oxygen atoms in total. The van der Waals surface area contributed by atoms with Gasteiger partial charge in [0.05, 0.1) is 5.92 Å². The van der Waals surface area contributed by atoms with Crippen molar-refractivity contribution >= 4 is 9.84 Å². The van der Waals surface area contributed by atoms with Crippen molar-refractivity contribution in [1.82, 2.24) is 10.1 Å². The van der Waals surface area contributed by atoms with Gasteiger partial charge in [0.25, 0.3) is 0 Å². The molecule has 1 heterocycles. The molecule has 88 valence electrons. The summed E-state index contributed by atoms with van der Waals surface area (Å²) < 4.78 is 27.1. The Morgan fingerprint density at radius 1 is 1.56 bits per heavy atom. The average molecular weight is 243 g/mol. The highest BCUT2D eigenvalue weighted by molar-refractivity contribution is 7.89. The lowest BCUT2D eigenvalue weighted by Gasteiger charge is -2.01. The summed E-state index contributed by atoms with van der Waals surface area (Å²) in [5, 5.41) is 3.63. The van der Waals surface area contributed by atoms with Crippen molar-refractivity contribution in [2.24, 2.45) is 5.73 Å². The molecule has 1 aromatic heterocycles. The third kappa shape index (κ3) is 2.67. The minimum Gasteiger partial charge on any atom is -0.339 e. The number of rotatable bonds is 3. The lowest BCUT2D eigenvalue weighted by atomic mass is 10.1. The number of allylic oxidation sites excluding steroid dienone is 1. The van der Waals surface area contributed by atoms with E-state index in [1.807, 2.05) is 12.2 Å². The molecular formula is C9H13N3O3S. The fourth-order valence-corrected chi connectivity index (χ4v) is 2.21. The molecule has 7 heteroatoms. The van der Waals surface area contributed by atoms with Crippen molar-refractivity contribution in [3.63, 3.8) is 0 Å². The Balaban J connectivity index is 2.11. The van der Waals surface area contributed by atoms with E-state index in [-0.39, 0.29) is 23.5 Å². The Morgan fingerprint density at radius 3 is 2.88 bits per heavy atom. The molecule has 0 aliphatic heterocycles. The SMILES string of the molecule is CS(=O)(=O)Cc1noc(C2C=CC(N)C2)n1. The van der Waals surface area contributed by atoms with Crippen LogP contribution in [0.25, 0.3) is 0 Å². The highest BCUT2D eigenvalue weighted by Gasteiger charge is 2.23. The van der Waals surface area contributed by atoms with Crippen molar-refractivity contribution in [2.75, 3.05) is 6.26 Å². The number of nitrogens with zero attached hydrogens (tertiary/aromatic N) is 2. The maximum absolute atomic E-state index is 11.0. The van der Waals surface area contributed by atoms with E-state index in [4.69, 9.17) is 10.3 Å². The fraction of sp³-hybridized carbons (Fsp3) is 0.556. The number of sulfone groups is 1. The summed E-state index contributed by atoms with van der Waals surface area (Å²) in [7, 11) is -3.13. The van der Waals surface area contributed by atoms with Crippen LogP contribution >= 0.6 is 0 Å². The van der Waals surface area contributed by atoms with Gasteiger partial charge < -0.3 is 10.3 Å². The molecule has 0 saturated heterocycles. The smallest absolute Gasteiger partial charge is 0.233 e. The monoisotopic (exact) mass is 243 g/mol. The van der Waals surface area contributed by atoms with E-state index in [1.54, 1.807) is 0 Å². The zero-order valence-electron chi connectivity index (χ0n) is 8.83. The molecule has 2 rings (SSSR count). The molecule has 0 amide bonds. The van der Waals surface area contributed by atoms with Crippen LogP contribution in [0.4, 0.5) is 0 Å². The van der Waals surface area contributed by atoms with E-state index >= 15 is 0 Å². The van der Waals surface area contributed by atoms with Crippen molar-refractivity contribution in [3.8, 4) is 0 Å². The summed E-state index contributed by atoms with van der Waals surface area (Å²) in [6.45, 7) is 0. The van der Waals surface area contributed by atoms with Gasteiger partial charge in [0.1, 0.15) is 5.75 Å². The minimum atomic E-state index is -3.13. The first-order chi connectivity index (χ1) is 7.44. The zero-order chi connectivity index (χ0) is 11.8. The van der Waals surface area contributed by atoms with Crippen LogP contribution in [-0.4, -0.2) is 30.9 Å². The summed E-state index contributed by atoms with van der Waals surface area (Å²) in [6, 6.07) is 0.00950. The lowest BCUT2D eigenvalue weighted by Crippen LogP contribution is -2.14. The van der Waals surface area contributed by atoms with E-state index in [0.717, 1.165) is 12.7 Å². The molecule has 1 aliphatic carbocycles. The van der Waals surface area contributed by atoms with Gasteiger partial charge in [-0.25, -0.2) is 8.42 Å². The molecule has 0 radical (unpaired) electrons. The van der Waals surface area contributed by atoms with Crippen LogP contribution in [0.15, 0.2) is 16.7 Å². The predicted molar refractivity (Wildman–Crippen MR) is 57.3 cm³/mol. The summed E-state index contributed by atoms with van der Waals surface area (Å²) in [6.07, 6.45) is 5.64. The Labute approximate surface area is 93.4 Å². The molecule has 2 N–H and O–H groups in total. The Morgan fingerprint density at radius 2 is 2.31 bits per heavy atom. The van der Waals surface area contributed by atoms with Gasteiger partial charge in [0, 0.05) is 12.3 Å². The molecule has 0 spiro atoms. The van der Waals surface area contributed by atoms with Gasteiger partial charge in [-0.2, -0.15) is 4.98 Å². The fourth-order valence-electron chi connectivity index (χ4n) is 1.62. The van der Waals surface area contributed by atoms with E-state index in [1.165, 1.54) is 0 Å². The van der Waals surface area contributed by atoms with Crippen LogP contribution in [0.3, 0.4) is 0 Å². The summed E-state index contributed by atoms with van der Waals surface area (Å²) >= 11 is 0. The van der Waals surface area contributed by atoms with Crippen molar-refractivity contribution in [1.29, 1.82) is 0 Å². The first-order valence-corrected chi connectivity index (χ1v) is 6.94. The quantitative estimate of drug-likeness (QED) is 0.749. The van der Waals surface area contributed by atoms with Gasteiger partial charge in [0.2, 0.25) is 5.89 Å². The molecule has 0 saturated carbocycles. The molecular weight excluding hydrogens is 230 g/mol. The van der Waals surface area contributed by atoms with E-state index in [0.29, 0.717) is 5.89 Å². The van der Waals surface area contributed by atoms with Crippen molar-refractivity contribution in [3.05, 3.63) is 23.9 Å². The molecule has 1 aromatic rings. The van der Waals surface area contributed by atoms with Gasteiger partial charge in [-0.05, 0) is 6.42 Å². The van der Waals surface area contributed by atoms with Crippen LogP contribution in [0.5, 0.6) is 0 Å². The largest absolute Gasteiger partial charge is 0.339 e. The number of hydrogen-bond acceptors (Lipinski definition) is 6. The summed E-state index contributed by atoms with van der Waals surface area (Å²) in [5.74, 6) is 0.448. The topological polar surface area (TPSA) is 99.1 Å². The Bertz CT molecular complexity index is 506. The molecule has 0 fully saturated rings. The van der Waals surface area contributed by atoms with E-state index in [2.05, 4.69) is 10.1 Å². The normalized spacial score (nSPS) is 25.1. The second-order valence-corrected chi connectivity index (χ2v) is 6.15.